The fourth-order valence-electron chi connectivity index (χ4n) is 1.95. The van der Waals surface area contributed by atoms with Gasteiger partial charge in [0.05, 0.1) is 24.3 Å². The minimum atomic E-state index is -0.252. The van der Waals surface area contributed by atoms with Crippen LogP contribution in [-0.2, 0) is 6.54 Å². The molecule has 0 aliphatic heterocycles. The van der Waals surface area contributed by atoms with Gasteiger partial charge >= 0.3 is 0 Å². The first-order valence-corrected chi connectivity index (χ1v) is 7.69. The van der Waals surface area contributed by atoms with Crippen LogP contribution >= 0.6 is 23.2 Å². The normalized spacial score (nSPS) is 10.3. The molecule has 7 heteroatoms. The van der Waals surface area contributed by atoms with Gasteiger partial charge in [-0.15, -0.1) is 0 Å². The molecule has 2 rings (SSSR count). The van der Waals surface area contributed by atoms with Crippen LogP contribution in [0.1, 0.15) is 22.8 Å². The molecular weight excluding hydrogens is 339 g/mol. The molecule has 1 aromatic carbocycles. The van der Waals surface area contributed by atoms with E-state index in [9.17, 15) is 4.79 Å². The minimum Gasteiger partial charge on any atom is -0.493 e. The molecule has 0 saturated heterocycles. The number of hydrogen-bond donors (Lipinski definition) is 1. The van der Waals surface area contributed by atoms with Gasteiger partial charge in [-0.25, -0.2) is 4.98 Å². The van der Waals surface area contributed by atoms with E-state index in [-0.39, 0.29) is 5.91 Å². The molecule has 0 spiro atoms. The van der Waals surface area contributed by atoms with E-state index in [0.717, 1.165) is 5.56 Å². The average Bonchev–Trinajstić information content (AvgIpc) is 2.55. The van der Waals surface area contributed by atoms with Crippen molar-refractivity contribution in [1.82, 2.24) is 10.3 Å². The highest BCUT2D eigenvalue weighted by molar-refractivity contribution is 6.32. The van der Waals surface area contributed by atoms with Crippen LogP contribution in [0.15, 0.2) is 30.5 Å². The summed E-state index contributed by atoms with van der Waals surface area (Å²) in [6, 6.07) is 6.68. The summed E-state index contributed by atoms with van der Waals surface area (Å²) in [6.07, 6.45) is 1.42. The van der Waals surface area contributed by atoms with Crippen LogP contribution in [0.4, 0.5) is 0 Å². The molecule has 0 aliphatic carbocycles. The van der Waals surface area contributed by atoms with Crippen molar-refractivity contribution in [3.63, 3.8) is 0 Å². The largest absolute Gasteiger partial charge is 0.493 e. The van der Waals surface area contributed by atoms with Crippen LogP contribution in [0.5, 0.6) is 11.5 Å². The average molecular weight is 355 g/mol. The Hall–Kier alpha value is -1.98. The van der Waals surface area contributed by atoms with Gasteiger partial charge in [-0.05, 0) is 36.8 Å². The molecule has 2 aromatic rings. The standard InChI is InChI=1S/C16H16Cl2N2O3/c1-3-23-15-12(17)6-10(7-13(15)22-2)8-20-16(21)11-4-5-14(18)19-9-11/h4-7,9H,3,8H2,1-2H3,(H,20,21). The molecule has 0 saturated carbocycles. The van der Waals surface area contributed by atoms with Gasteiger partial charge in [0.15, 0.2) is 11.5 Å². The van der Waals surface area contributed by atoms with Crippen LogP contribution in [0, 0.1) is 0 Å². The molecule has 5 nitrogen and oxygen atoms in total. The van der Waals surface area contributed by atoms with E-state index >= 15 is 0 Å². The molecule has 0 radical (unpaired) electrons. The lowest BCUT2D eigenvalue weighted by Crippen LogP contribution is -2.22. The van der Waals surface area contributed by atoms with Gasteiger partial charge in [-0.3, -0.25) is 4.79 Å². The smallest absolute Gasteiger partial charge is 0.253 e. The Kier molecular flexibility index (Phi) is 6.07. The van der Waals surface area contributed by atoms with Gasteiger partial charge in [-0.1, -0.05) is 23.2 Å². The Morgan fingerprint density at radius 1 is 1.30 bits per heavy atom. The minimum absolute atomic E-state index is 0.252. The molecule has 1 heterocycles. The number of carbonyl (C=O) groups is 1. The molecule has 0 aliphatic rings. The summed E-state index contributed by atoms with van der Waals surface area (Å²) in [5, 5.41) is 3.56. The zero-order chi connectivity index (χ0) is 16.8. The monoisotopic (exact) mass is 354 g/mol. The molecule has 1 N–H and O–H groups in total. The highest BCUT2D eigenvalue weighted by atomic mass is 35.5. The molecule has 1 amide bonds. The number of benzene rings is 1. The lowest BCUT2D eigenvalue weighted by atomic mass is 10.2. The highest BCUT2D eigenvalue weighted by Crippen LogP contribution is 2.36. The number of nitrogens with zero attached hydrogens (tertiary/aromatic N) is 1. The van der Waals surface area contributed by atoms with Gasteiger partial charge in [0.2, 0.25) is 0 Å². The van der Waals surface area contributed by atoms with Gasteiger partial charge in [0.25, 0.3) is 5.91 Å². The summed E-state index contributed by atoms with van der Waals surface area (Å²) in [5.41, 5.74) is 1.23. The van der Waals surface area contributed by atoms with Crippen molar-refractivity contribution < 1.29 is 14.3 Å². The summed E-state index contributed by atoms with van der Waals surface area (Å²) in [4.78, 5) is 15.9. The van der Waals surface area contributed by atoms with Gasteiger partial charge in [0, 0.05) is 12.7 Å². The Labute approximate surface area is 144 Å². The second-order valence-electron chi connectivity index (χ2n) is 4.59. The predicted octanol–water partition coefficient (Wildman–Crippen LogP) is 3.73. The van der Waals surface area contributed by atoms with E-state index in [0.29, 0.717) is 40.4 Å². The SMILES string of the molecule is CCOc1c(Cl)cc(CNC(=O)c2ccc(Cl)nc2)cc1OC. The second kappa shape index (κ2) is 8.04. The van der Waals surface area contributed by atoms with Crippen molar-refractivity contribution in [3.05, 3.63) is 51.8 Å². The maximum Gasteiger partial charge on any atom is 0.253 e. The summed E-state index contributed by atoms with van der Waals surface area (Å²) < 4.78 is 10.7. The third-order valence-electron chi connectivity index (χ3n) is 3.02. The van der Waals surface area contributed by atoms with Crippen LogP contribution in [0.3, 0.4) is 0 Å². The molecule has 1 aromatic heterocycles. The number of hydrogen-bond acceptors (Lipinski definition) is 4. The maximum absolute atomic E-state index is 12.1. The molecule has 0 bridgehead atoms. The maximum atomic E-state index is 12.1. The fourth-order valence-corrected chi connectivity index (χ4v) is 2.35. The Bertz CT molecular complexity index is 690. The van der Waals surface area contributed by atoms with Gasteiger partial charge in [-0.2, -0.15) is 0 Å². The lowest BCUT2D eigenvalue weighted by molar-refractivity contribution is 0.0950. The number of ether oxygens (including phenoxy) is 2. The van der Waals surface area contributed by atoms with Crippen LogP contribution < -0.4 is 14.8 Å². The number of methoxy groups -OCH3 is 1. The lowest BCUT2D eigenvalue weighted by Gasteiger charge is -2.13. The zero-order valence-electron chi connectivity index (χ0n) is 12.7. The van der Waals surface area contributed by atoms with E-state index in [2.05, 4.69) is 10.3 Å². The third-order valence-corrected chi connectivity index (χ3v) is 3.52. The number of rotatable bonds is 6. The fraction of sp³-hybridized carbons (Fsp3) is 0.250. The number of pyridine rings is 1. The van der Waals surface area contributed by atoms with Crippen molar-refractivity contribution >= 4 is 29.1 Å². The van der Waals surface area contributed by atoms with Gasteiger partial charge in [0.1, 0.15) is 5.15 Å². The molecule has 0 fully saturated rings. The number of halogens is 2. The van der Waals surface area contributed by atoms with E-state index < -0.39 is 0 Å². The molecular formula is C16H16Cl2N2O3. The summed E-state index contributed by atoms with van der Waals surface area (Å²) >= 11 is 11.9. The number of aromatic nitrogens is 1. The van der Waals surface area contributed by atoms with Crippen molar-refractivity contribution in [2.45, 2.75) is 13.5 Å². The molecule has 122 valence electrons. The molecule has 0 atom stereocenters. The first kappa shape index (κ1) is 17.4. The zero-order valence-corrected chi connectivity index (χ0v) is 14.2. The van der Waals surface area contributed by atoms with Crippen molar-refractivity contribution in [3.8, 4) is 11.5 Å². The third kappa shape index (κ3) is 4.50. The highest BCUT2D eigenvalue weighted by Gasteiger charge is 2.12. The summed E-state index contributed by atoms with van der Waals surface area (Å²) in [6.45, 7) is 2.64. The van der Waals surface area contributed by atoms with Crippen molar-refractivity contribution in [2.24, 2.45) is 0 Å². The predicted molar refractivity (Wildman–Crippen MR) is 89.6 cm³/mol. The van der Waals surface area contributed by atoms with Crippen molar-refractivity contribution in [1.29, 1.82) is 0 Å². The van der Waals surface area contributed by atoms with Crippen molar-refractivity contribution in [2.75, 3.05) is 13.7 Å². The van der Waals surface area contributed by atoms with E-state index in [1.165, 1.54) is 13.3 Å². The van der Waals surface area contributed by atoms with Crippen LogP contribution in [0.25, 0.3) is 0 Å². The van der Waals surface area contributed by atoms with Crippen LogP contribution in [0.2, 0.25) is 10.2 Å². The van der Waals surface area contributed by atoms with E-state index in [4.69, 9.17) is 32.7 Å². The molecule has 23 heavy (non-hydrogen) atoms. The Morgan fingerprint density at radius 2 is 2.09 bits per heavy atom. The second-order valence-corrected chi connectivity index (χ2v) is 5.39. The number of nitrogens with one attached hydrogen (secondary N) is 1. The van der Waals surface area contributed by atoms with Gasteiger partial charge < -0.3 is 14.8 Å². The first-order chi connectivity index (χ1) is 11.0. The Morgan fingerprint density at radius 3 is 2.70 bits per heavy atom. The quantitative estimate of drug-likeness (QED) is 0.803. The topological polar surface area (TPSA) is 60.5 Å². The number of amides is 1. The number of carbonyl (C=O) groups excluding carboxylic acids is 1. The van der Waals surface area contributed by atoms with Crippen LogP contribution in [-0.4, -0.2) is 24.6 Å². The summed E-state index contributed by atoms with van der Waals surface area (Å²) in [7, 11) is 1.54. The first-order valence-electron chi connectivity index (χ1n) is 6.94. The van der Waals surface area contributed by atoms with E-state index in [1.807, 2.05) is 6.92 Å². The molecule has 0 unspecified atom stereocenters. The van der Waals surface area contributed by atoms with E-state index in [1.54, 1.807) is 24.3 Å². The summed E-state index contributed by atoms with van der Waals surface area (Å²) in [5.74, 6) is 0.767. The Balaban J connectivity index is 2.09.